The van der Waals surface area contributed by atoms with Crippen molar-refractivity contribution in [2.75, 3.05) is 0 Å². The zero-order valence-corrected chi connectivity index (χ0v) is 16.9. The van der Waals surface area contributed by atoms with E-state index in [4.69, 9.17) is 4.74 Å². The molecule has 0 N–H and O–H groups in total. The molecule has 118 valence electrons. The van der Waals surface area contributed by atoms with E-state index in [9.17, 15) is 4.79 Å². The number of esters is 1. The molecule has 0 spiro atoms. The second kappa shape index (κ2) is 11.6. The van der Waals surface area contributed by atoms with Gasteiger partial charge in [0.15, 0.2) is 0 Å². The van der Waals surface area contributed by atoms with Crippen molar-refractivity contribution in [1.82, 2.24) is 0 Å². The number of hydrogen-bond acceptors (Lipinski definition) is 2. The molecule has 1 atom stereocenters. The van der Waals surface area contributed by atoms with Crippen LogP contribution in [0.2, 0.25) is 13.3 Å². The van der Waals surface area contributed by atoms with Gasteiger partial charge in [-0.3, -0.25) is 0 Å². The standard InChI is InChI=1S/C5H7O2.3C4H9.Sn/c1-3-5(6)7-4-2;3*1-3-4-2;/h3-4H,1H2,2H3;3*1,3-4H2,2H3;. The van der Waals surface area contributed by atoms with E-state index in [1.54, 1.807) is 0 Å². The molecule has 0 heterocycles. The molecule has 0 saturated carbocycles. The summed E-state index contributed by atoms with van der Waals surface area (Å²) in [5.74, 6) is -0.233. The van der Waals surface area contributed by atoms with Gasteiger partial charge in [0.05, 0.1) is 0 Å². The molecule has 20 heavy (non-hydrogen) atoms. The maximum atomic E-state index is 11.6. The molecule has 0 saturated heterocycles. The Bertz CT molecular complexity index is 254. The Morgan fingerprint density at radius 2 is 1.45 bits per heavy atom. The van der Waals surface area contributed by atoms with Gasteiger partial charge in [-0.25, -0.2) is 0 Å². The first-order valence-corrected chi connectivity index (χ1v) is 16.1. The van der Waals surface area contributed by atoms with Crippen LogP contribution in [-0.2, 0) is 9.53 Å². The Balaban J connectivity index is 4.98. The summed E-state index contributed by atoms with van der Waals surface area (Å²) < 4.78 is 10.0. The molecule has 3 heteroatoms. The summed E-state index contributed by atoms with van der Waals surface area (Å²) in [6, 6.07) is 0. The number of unbranched alkanes of at least 4 members (excludes halogenated alkanes) is 3. The van der Waals surface area contributed by atoms with Crippen LogP contribution in [0.25, 0.3) is 0 Å². The van der Waals surface area contributed by atoms with Gasteiger partial charge in [0.25, 0.3) is 0 Å². The van der Waals surface area contributed by atoms with E-state index in [0.717, 1.165) is 0 Å². The molecule has 0 bridgehead atoms. The fraction of sp³-hybridized carbons (Fsp3) is 0.824. The second-order valence-electron chi connectivity index (χ2n) is 5.96. The molecule has 0 aliphatic carbocycles. The van der Waals surface area contributed by atoms with Gasteiger partial charge < -0.3 is 0 Å². The molecule has 0 aliphatic heterocycles. The Labute approximate surface area is 130 Å². The van der Waals surface area contributed by atoms with Crippen molar-refractivity contribution < 1.29 is 9.53 Å². The van der Waals surface area contributed by atoms with Crippen molar-refractivity contribution >= 4 is 24.3 Å². The van der Waals surface area contributed by atoms with Gasteiger partial charge in [-0.2, -0.15) is 0 Å². The summed E-state index contributed by atoms with van der Waals surface area (Å²) in [6.45, 7) is 12.5. The zero-order chi connectivity index (χ0) is 15.4. The Hall–Kier alpha value is 0.00870. The van der Waals surface area contributed by atoms with Crippen molar-refractivity contribution in [3.05, 3.63) is 12.7 Å². The average molecular weight is 389 g/mol. The van der Waals surface area contributed by atoms with Crippen LogP contribution in [-0.4, -0.2) is 28.5 Å². The summed E-state index contributed by atoms with van der Waals surface area (Å²) >= 11 is -2.39. The summed E-state index contributed by atoms with van der Waals surface area (Å²) in [5, 5.41) is 0. The third-order valence-corrected chi connectivity index (χ3v) is 21.2. The van der Waals surface area contributed by atoms with Crippen molar-refractivity contribution in [3.63, 3.8) is 0 Å². The molecule has 0 aromatic carbocycles. The number of ether oxygens (including phenoxy) is 1. The van der Waals surface area contributed by atoms with E-state index in [0.29, 0.717) is 0 Å². The van der Waals surface area contributed by atoms with E-state index < -0.39 is 18.4 Å². The van der Waals surface area contributed by atoms with E-state index in [2.05, 4.69) is 34.3 Å². The number of rotatable bonds is 12. The van der Waals surface area contributed by atoms with Crippen LogP contribution >= 0.6 is 0 Å². The van der Waals surface area contributed by atoms with Crippen LogP contribution in [0.5, 0.6) is 0 Å². The minimum atomic E-state index is -2.39. The maximum absolute atomic E-state index is 11.6. The fourth-order valence-corrected chi connectivity index (χ4v) is 18.6. The number of hydrogen-bond donors (Lipinski definition) is 0. The molecular weight excluding hydrogens is 355 g/mol. The zero-order valence-electron chi connectivity index (χ0n) is 14.0. The first kappa shape index (κ1) is 20.0. The van der Waals surface area contributed by atoms with Crippen molar-refractivity contribution in [1.29, 1.82) is 0 Å². The number of carbonyl (C=O) groups excluding carboxylic acids is 1. The molecule has 0 aromatic rings. The Kier molecular flexibility index (Phi) is 11.6. The number of carbonyl (C=O) groups is 1. The third-order valence-electron chi connectivity index (χ3n) is 4.41. The van der Waals surface area contributed by atoms with Crippen LogP contribution in [0.15, 0.2) is 12.7 Å². The van der Waals surface area contributed by atoms with Crippen molar-refractivity contribution in [2.45, 2.75) is 83.6 Å². The van der Waals surface area contributed by atoms with E-state index in [1.165, 1.54) is 57.9 Å². The summed E-state index contributed by atoms with van der Waals surface area (Å²) in [6.07, 6.45) is 8.97. The van der Waals surface area contributed by atoms with Gasteiger partial charge in [0.1, 0.15) is 0 Å². The Morgan fingerprint density at radius 3 is 1.75 bits per heavy atom. The quantitative estimate of drug-likeness (QED) is 0.251. The van der Waals surface area contributed by atoms with Gasteiger partial charge in [-0.1, -0.05) is 0 Å². The third kappa shape index (κ3) is 7.14. The van der Waals surface area contributed by atoms with Gasteiger partial charge in [0.2, 0.25) is 0 Å². The van der Waals surface area contributed by atoms with Crippen molar-refractivity contribution in [3.8, 4) is 0 Å². The van der Waals surface area contributed by atoms with Crippen LogP contribution in [0.1, 0.15) is 66.2 Å². The minimum absolute atomic E-state index is 0.194. The van der Waals surface area contributed by atoms with Crippen LogP contribution in [0, 0.1) is 0 Å². The van der Waals surface area contributed by atoms with Gasteiger partial charge in [-0.05, 0) is 0 Å². The molecule has 0 radical (unpaired) electrons. The molecule has 0 rings (SSSR count). The summed E-state index contributed by atoms with van der Waals surface area (Å²) in [5.41, 5.74) is 0. The van der Waals surface area contributed by atoms with Gasteiger partial charge >= 0.3 is 130 Å². The predicted octanol–water partition coefficient (Wildman–Crippen LogP) is 5.49. The monoisotopic (exact) mass is 390 g/mol. The van der Waals surface area contributed by atoms with Crippen LogP contribution < -0.4 is 0 Å². The first-order valence-electron chi connectivity index (χ1n) is 8.39. The fourth-order valence-electron chi connectivity index (χ4n) is 2.92. The average Bonchev–Trinajstić information content (AvgIpc) is 2.46. The van der Waals surface area contributed by atoms with Crippen LogP contribution in [0.4, 0.5) is 0 Å². The topological polar surface area (TPSA) is 26.3 Å². The van der Waals surface area contributed by atoms with Gasteiger partial charge in [0, 0.05) is 0 Å². The molecule has 0 amide bonds. The van der Waals surface area contributed by atoms with Gasteiger partial charge in [-0.15, -0.1) is 0 Å². The molecule has 2 nitrogen and oxygen atoms in total. The SMILES string of the molecule is C=CC(=O)O[CH](C)[Sn]([CH2]CCC)([CH2]CCC)[CH2]CCC. The first-order chi connectivity index (χ1) is 9.56. The van der Waals surface area contributed by atoms with E-state index in [-0.39, 0.29) is 10.1 Å². The van der Waals surface area contributed by atoms with Crippen LogP contribution in [0.3, 0.4) is 0 Å². The second-order valence-corrected chi connectivity index (χ2v) is 20.3. The predicted molar refractivity (Wildman–Crippen MR) is 90.7 cm³/mol. The van der Waals surface area contributed by atoms with Crippen molar-refractivity contribution in [2.24, 2.45) is 0 Å². The van der Waals surface area contributed by atoms with E-state index >= 15 is 0 Å². The molecular formula is C17H34O2Sn. The molecule has 0 fully saturated rings. The Morgan fingerprint density at radius 1 is 1.05 bits per heavy atom. The van der Waals surface area contributed by atoms with E-state index in [1.807, 2.05) is 0 Å². The summed E-state index contributed by atoms with van der Waals surface area (Å²) in [7, 11) is 0. The molecule has 0 aromatic heterocycles. The summed E-state index contributed by atoms with van der Waals surface area (Å²) in [4.78, 5) is 11.6. The molecule has 0 aliphatic rings. The molecule has 1 unspecified atom stereocenters. The normalized spacial score (nSPS) is 13.0.